The normalized spacial score (nSPS) is 39.8. The Morgan fingerprint density at radius 1 is 1.25 bits per heavy atom. The van der Waals surface area contributed by atoms with Crippen molar-refractivity contribution in [3.63, 3.8) is 0 Å². The number of rotatable bonds is 0. The van der Waals surface area contributed by atoms with Crippen LogP contribution in [-0.4, -0.2) is 13.1 Å². The third kappa shape index (κ3) is 1.22. The smallest absolute Gasteiger partial charge is 0.00206 e. The molecular formula is C7H15N. The number of piperidine rings is 1. The second-order valence-electron chi connectivity index (χ2n) is 2.95. The first kappa shape index (κ1) is 6.09. The molecule has 0 spiro atoms. The molecule has 0 aromatic carbocycles. The molecule has 1 aliphatic heterocycles. The van der Waals surface area contributed by atoms with Crippen molar-refractivity contribution in [3.8, 4) is 0 Å². The highest BCUT2D eigenvalue weighted by Crippen LogP contribution is 2.16. The molecule has 0 saturated carbocycles. The van der Waals surface area contributed by atoms with Crippen LogP contribution in [0.5, 0.6) is 0 Å². The second-order valence-corrected chi connectivity index (χ2v) is 2.95. The highest BCUT2D eigenvalue weighted by atomic mass is 14.9. The van der Waals surface area contributed by atoms with Crippen molar-refractivity contribution in [2.45, 2.75) is 20.3 Å². The van der Waals surface area contributed by atoms with E-state index in [0.717, 1.165) is 11.8 Å². The van der Waals surface area contributed by atoms with Gasteiger partial charge >= 0.3 is 0 Å². The highest BCUT2D eigenvalue weighted by molar-refractivity contribution is 4.70. The van der Waals surface area contributed by atoms with E-state index < -0.39 is 0 Å². The summed E-state index contributed by atoms with van der Waals surface area (Å²) in [6.07, 6.45) is 1.36. The lowest BCUT2D eigenvalue weighted by molar-refractivity contribution is 0.295. The van der Waals surface area contributed by atoms with Gasteiger partial charge in [-0.1, -0.05) is 13.8 Å². The lowest BCUT2D eigenvalue weighted by Crippen LogP contribution is -2.33. The van der Waals surface area contributed by atoms with Gasteiger partial charge < -0.3 is 5.32 Å². The number of hydrogen-bond acceptors (Lipinski definition) is 1. The molecule has 0 amide bonds. The molecule has 48 valence electrons. The fraction of sp³-hybridized carbons (Fsp3) is 1.00. The third-order valence-electron chi connectivity index (χ3n) is 2.21. The first-order valence-electron chi connectivity index (χ1n) is 3.51. The average Bonchev–Trinajstić information content (AvgIpc) is 1.77. The zero-order chi connectivity index (χ0) is 5.98. The van der Waals surface area contributed by atoms with Crippen LogP contribution < -0.4 is 5.32 Å². The molecule has 0 aromatic heterocycles. The Labute approximate surface area is 51.5 Å². The molecule has 1 unspecified atom stereocenters. The Kier molecular flexibility index (Phi) is 1.90. The molecule has 0 aliphatic carbocycles. The van der Waals surface area contributed by atoms with Gasteiger partial charge in [-0.25, -0.2) is 0 Å². The Morgan fingerprint density at radius 2 is 2.00 bits per heavy atom. The summed E-state index contributed by atoms with van der Waals surface area (Å²) in [6.45, 7) is 7.11. The summed E-state index contributed by atoms with van der Waals surface area (Å²) < 4.78 is 0. The minimum atomic E-state index is 0.892. The molecule has 8 heavy (non-hydrogen) atoms. The van der Waals surface area contributed by atoms with Crippen molar-refractivity contribution in [2.75, 3.05) is 13.1 Å². The highest BCUT2D eigenvalue weighted by Gasteiger charge is 2.14. The maximum Gasteiger partial charge on any atom is -0.00206 e. The third-order valence-corrected chi connectivity index (χ3v) is 2.21. The van der Waals surface area contributed by atoms with Gasteiger partial charge in [0.15, 0.2) is 0 Å². The standard InChI is InChI=1S/C7H15N/c1-6-3-4-8-5-7(6)2/h6-8H,3-5H2,1-2H3/t6?,7-/m0/s1. The van der Waals surface area contributed by atoms with Crippen LogP contribution in [0, 0.1) is 11.8 Å². The van der Waals surface area contributed by atoms with Crippen molar-refractivity contribution >= 4 is 0 Å². The van der Waals surface area contributed by atoms with Crippen LogP contribution in [-0.2, 0) is 0 Å². The largest absolute Gasteiger partial charge is 0.316 e. The van der Waals surface area contributed by atoms with Crippen molar-refractivity contribution in [2.24, 2.45) is 11.8 Å². The number of hydrogen-bond donors (Lipinski definition) is 1. The Bertz CT molecular complexity index is 60.8. The summed E-state index contributed by atoms with van der Waals surface area (Å²) in [4.78, 5) is 0. The zero-order valence-electron chi connectivity index (χ0n) is 5.78. The Morgan fingerprint density at radius 3 is 2.38 bits per heavy atom. The van der Waals surface area contributed by atoms with Gasteiger partial charge in [-0.2, -0.15) is 0 Å². The van der Waals surface area contributed by atoms with Gasteiger partial charge in [0.25, 0.3) is 0 Å². The minimum absolute atomic E-state index is 0.892. The summed E-state index contributed by atoms with van der Waals surface area (Å²) in [5, 5.41) is 3.36. The molecule has 1 N–H and O–H groups in total. The monoisotopic (exact) mass is 113 g/mol. The van der Waals surface area contributed by atoms with E-state index in [1.807, 2.05) is 0 Å². The fourth-order valence-electron chi connectivity index (χ4n) is 1.15. The van der Waals surface area contributed by atoms with E-state index in [2.05, 4.69) is 19.2 Å². The van der Waals surface area contributed by atoms with Crippen LogP contribution >= 0.6 is 0 Å². The van der Waals surface area contributed by atoms with Crippen LogP contribution in [0.1, 0.15) is 20.3 Å². The van der Waals surface area contributed by atoms with Crippen molar-refractivity contribution in [3.05, 3.63) is 0 Å². The van der Waals surface area contributed by atoms with E-state index in [1.54, 1.807) is 0 Å². The topological polar surface area (TPSA) is 12.0 Å². The first-order valence-corrected chi connectivity index (χ1v) is 3.51. The van der Waals surface area contributed by atoms with E-state index >= 15 is 0 Å². The Hall–Kier alpha value is -0.0400. The lowest BCUT2D eigenvalue weighted by Gasteiger charge is -2.25. The molecule has 1 aliphatic rings. The van der Waals surface area contributed by atoms with Crippen molar-refractivity contribution in [1.29, 1.82) is 0 Å². The van der Waals surface area contributed by atoms with E-state index in [-0.39, 0.29) is 0 Å². The molecule has 1 heterocycles. The van der Waals surface area contributed by atoms with Crippen molar-refractivity contribution in [1.82, 2.24) is 5.32 Å². The predicted molar refractivity (Wildman–Crippen MR) is 35.8 cm³/mol. The van der Waals surface area contributed by atoms with Gasteiger partial charge in [-0.05, 0) is 31.3 Å². The molecular weight excluding hydrogens is 98.1 g/mol. The maximum absolute atomic E-state index is 3.36. The van der Waals surface area contributed by atoms with Gasteiger partial charge in [0, 0.05) is 0 Å². The van der Waals surface area contributed by atoms with Gasteiger partial charge in [0.05, 0.1) is 0 Å². The fourth-order valence-corrected chi connectivity index (χ4v) is 1.15. The quantitative estimate of drug-likeness (QED) is 0.498. The summed E-state index contributed by atoms with van der Waals surface area (Å²) in [7, 11) is 0. The number of nitrogens with one attached hydrogen (secondary N) is 1. The maximum atomic E-state index is 3.36. The molecule has 0 radical (unpaired) electrons. The average molecular weight is 113 g/mol. The molecule has 1 nitrogen and oxygen atoms in total. The van der Waals surface area contributed by atoms with Crippen molar-refractivity contribution < 1.29 is 0 Å². The van der Waals surface area contributed by atoms with Gasteiger partial charge in [0.1, 0.15) is 0 Å². The molecule has 1 fully saturated rings. The lowest BCUT2D eigenvalue weighted by atomic mass is 9.90. The van der Waals surface area contributed by atoms with Crippen LogP contribution in [0.2, 0.25) is 0 Å². The summed E-state index contributed by atoms with van der Waals surface area (Å²) in [5.74, 6) is 1.83. The van der Waals surface area contributed by atoms with E-state index in [4.69, 9.17) is 0 Å². The summed E-state index contributed by atoms with van der Waals surface area (Å²) >= 11 is 0. The van der Waals surface area contributed by atoms with E-state index in [9.17, 15) is 0 Å². The second kappa shape index (κ2) is 2.49. The van der Waals surface area contributed by atoms with Crippen LogP contribution in [0.25, 0.3) is 0 Å². The molecule has 1 saturated heterocycles. The van der Waals surface area contributed by atoms with Crippen LogP contribution in [0.3, 0.4) is 0 Å². The predicted octanol–water partition coefficient (Wildman–Crippen LogP) is 1.25. The first-order chi connectivity index (χ1) is 3.80. The molecule has 1 heteroatoms. The zero-order valence-corrected chi connectivity index (χ0v) is 5.78. The summed E-state index contributed by atoms with van der Waals surface area (Å²) in [6, 6.07) is 0. The minimum Gasteiger partial charge on any atom is -0.316 e. The van der Waals surface area contributed by atoms with Gasteiger partial charge in [-0.15, -0.1) is 0 Å². The SMILES string of the molecule is CC1CCNC[C@@H]1C. The molecule has 0 aromatic rings. The summed E-state index contributed by atoms with van der Waals surface area (Å²) in [5.41, 5.74) is 0. The van der Waals surface area contributed by atoms with E-state index in [0.29, 0.717) is 0 Å². The van der Waals surface area contributed by atoms with Gasteiger partial charge in [0.2, 0.25) is 0 Å². The molecule has 0 bridgehead atoms. The van der Waals surface area contributed by atoms with E-state index in [1.165, 1.54) is 19.5 Å². The molecule has 1 rings (SSSR count). The van der Waals surface area contributed by atoms with Crippen LogP contribution in [0.4, 0.5) is 0 Å². The van der Waals surface area contributed by atoms with Gasteiger partial charge in [-0.3, -0.25) is 0 Å². The molecule has 2 atom stereocenters. The Balaban J connectivity index is 2.28. The van der Waals surface area contributed by atoms with Crippen LogP contribution in [0.15, 0.2) is 0 Å².